The van der Waals surface area contributed by atoms with Crippen LogP contribution in [0.3, 0.4) is 0 Å². The number of carboxylic acid groups (broad SMARTS) is 1. The van der Waals surface area contributed by atoms with Crippen LogP contribution in [0.15, 0.2) is 23.1 Å². The van der Waals surface area contributed by atoms with Crippen LogP contribution in [0.4, 0.5) is 0 Å². The highest BCUT2D eigenvalue weighted by atomic mass is 32.2. The highest BCUT2D eigenvalue weighted by Gasteiger charge is 2.40. The van der Waals surface area contributed by atoms with E-state index in [1.807, 2.05) is 0 Å². The smallest absolute Gasteiger partial charge is 0.326 e. The standard InChI is InChI=1S/C15H14N2O6S2/c16-12(20)4-2-8(14(22)23)17-13(21)11(25-15(17)24)6-7-1-3-9(18)10(19)5-7/h1,3,5-6,8,18-19H,2,4H2,(H2,16,20)(H,22,23)/b11-6-. The van der Waals surface area contributed by atoms with Gasteiger partial charge in [-0.1, -0.05) is 30.0 Å². The van der Waals surface area contributed by atoms with Crippen LogP contribution in [0.2, 0.25) is 0 Å². The van der Waals surface area contributed by atoms with Gasteiger partial charge in [0, 0.05) is 6.42 Å². The number of carboxylic acids is 1. The van der Waals surface area contributed by atoms with E-state index in [0.29, 0.717) is 5.56 Å². The van der Waals surface area contributed by atoms with Gasteiger partial charge >= 0.3 is 5.97 Å². The summed E-state index contributed by atoms with van der Waals surface area (Å²) in [6, 6.07) is 2.70. The molecule has 0 aromatic heterocycles. The number of amides is 2. The number of nitrogens with two attached hydrogens (primary N) is 1. The summed E-state index contributed by atoms with van der Waals surface area (Å²) in [6.07, 6.45) is 1.08. The van der Waals surface area contributed by atoms with E-state index >= 15 is 0 Å². The summed E-state index contributed by atoms with van der Waals surface area (Å²) < 4.78 is 0.0520. The Balaban J connectivity index is 2.28. The van der Waals surface area contributed by atoms with Gasteiger partial charge < -0.3 is 21.1 Å². The molecule has 1 saturated heterocycles. The fourth-order valence-electron chi connectivity index (χ4n) is 2.17. The first kappa shape index (κ1) is 18.7. The zero-order chi connectivity index (χ0) is 18.7. The van der Waals surface area contributed by atoms with Crippen molar-refractivity contribution < 1.29 is 29.7 Å². The number of carbonyl (C=O) groups is 3. The largest absolute Gasteiger partial charge is 0.504 e. The van der Waals surface area contributed by atoms with Crippen LogP contribution < -0.4 is 5.73 Å². The minimum absolute atomic E-state index is 0.0520. The normalized spacial score (nSPS) is 17.1. The lowest BCUT2D eigenvalue weighted by atomic mass is 10.1. The molecule has 1 aromatic rings. The number of nitrogens with zero attached hydrogens (tertiary/aromatic N) is 1. The van der Waals surface area contributed by atoms with Crippen molar-refractivity contribution in [1.29, 1.82) is 0 Å². The second-order valence-electron chi connectivity index (χ2n) is 5.16. The van der Waals surface area contributed by atoms with Crippen LogP contribution >= 0.6 is 24.0 Å². The number of phenols is 2. The van der Waals surface area contributed by atoms with Crippen LogP contribution in [-0.4, -0.2) is 48.4 Å². The lowest BCUT2D eigenvalue weighted by Crippen LogP contribution is -2.44. The number of thioether (sulfide) groups is 1. The first-order valence-corrected chi connectivity index (χ1v) is 8.23. The third-order valence-electron chi connectivity index (χ3n) is 3.38. The summed E-state index contributed by atoms with van der Waals surface area (Å²) in [4.78, 5) is 36.0. The van der Waals surface area contributed by atoms with Crippen molar-refractivity contribution in [3.63, 3.8) is 0 Å². The van der Waals surface area contributed by atoms with Crippen molar-refractivity contribution in [2.75, 3.05) is 0 Å². The molecule has 1 fully saturated rings. The monoisotopic (exact) mass is 382 g/mol. The topological polar surface area (TPSA) is 141 Å². The molecule has 132 valence electrons. The van der Waals surface area contributed by atoms with Crippen LogP contribution in [0, 0.1) is 0 Å². The summed E-state index contributed by atoms with van der Waals surface area (Å²) in [6.45, 7) is 0. The van der Waals surface area contributed by atoms with Crippen LogP contribution in [0.5, 0.6) is 11.5 Å². The molecule has 1 heterocycles. The minimum atomic E-state index is -1.29. The Morgan fingerprint density at radius 2 is 2.00 bits per heavy atom. The van der Waals surface area contributed by atoms with Gasteiger partial charge in [0.25, 0.3) is 5.91 Å². The second kappa shape index (κ2) is 7.53. The number of carbonyl (C=O) groups excluding carboxylic acids is 2. The zero-order valence-electron chi connectivity index (χ0n) is 12.7. The molecule has 0 bridgehead atoms. The Hall–Kier alpha value is -2.59. The van der Waals surface area contributed by atoms with Gasteiger partial charge in [0.1, 0.15) is 10.4 Å². The Morgan fingerprint density at radius 1 is 1.32 bits per heavy atom. The van der Waals surface area contributed by atoms with Gasteiger partial charge in [-0.05, 0) is 30.2 Å². The van der Waals surface area contributed by atoms with Gasteiger partial charge in [0.05, 0.1) is 4.91 Å². The SMILES string of the molecule is NC(=O)CCC(C(=O)O)N1C(=O)/C(=C/c2ccc(O)c(O)c2)SC1=S. The Labute approximate surface area is 151 Å². The number of aromatic hydroxyl groups is 2. The predicted octanol–water partition coefficient (Wildman–Crippen LogP) is 1.02. The Kier molecular flexibility index (Phi) is 5.65. The molecule has 1 unspecified atom stereocenters. The van der Waals surface area contributed by atoms with E-state index in [1.165, 1.54) is 24.3 Å². The molecule has 1 aliphatic heterocycles. The van der Waals surface area contributed by atoms with Crippen molar-refractivity contribution in [2.45, 2.75) is 18.9 Å². The van der Waals surface area contributed by atoms with Gasteiger partial charge in [-0.3, -0.25) is 14.5 Å². The molecule has 0 spiro atoms. The summed E-state index contributed by atoms with van der Waals surface area (Å²) in [5.74, 6) is -3.23. The fraction of sp³-hybridized carbons (Fsp3) is 0.200. The fourth-order valence-corrected chi connectivity index (χ4v) is 3.53. The average molecular weight is 382 g/mol. The lowest BCUT2D eigenvalue weighted by Gasteiger charge is -2.22. The lowest BCUT2D eigenvalue weighted by molar-refractivity contribution is -0.145. The van der Waals surface area contributed by atoms with E-state index in [0.717, 1.165) is 16.7 Å². The van der Waals surface area contributed by atoms with E-state index in [-0.39, 0.29) is 33.6 Å². The molecule has 1 aliphatic rings. The van der Waals surface area contributed by atoms with Gasteiger partial charge in [-0.25, -0.2) is 4.79 Å². The highest BCUT2D eigenvalue weighted by molar-refractivity contribution is 8.26. The number of rotatable bonds is 6. The number of thiocarbonyl (C=S) groups is 1. The Bertz CT molecular complexity index is 792. The van der Waals surface area contributed by atoms with E-state index in [4.69, 9.17) is 18.0 Å². The van der Waals surface area contributed by atoms with Crippen molar-refractivity contribution in [2.24, 2.45) is 5.73 Å². The predicted molar refractivity (Wildman–Crippen MR) is 94.6 cm³/mol. The van der Waals surface area contributed by atoms with Gasteiger partial charge in [-0.15, -0.1) is 0 Å². The third kappa shape index (κ3) is 4.28. The van der Waals surface area contributed by atoms with Gasteiger partial charge in [-0.2, -0.15) is 0 Å². The van der Waals surface area contributed by atoms with Crippen LogP contribution in [0.25, 0.3) is 6.08 Å². The molecule has 0 radical (unpaired) electrons. The summed E-state index contributed by atoms with van der Waals surface area (Å²) >= 11 is 6.00. The molecule has 2 rings (SSSR count). The second-order valence-corrected chi connectivity index (χ2v) is 6.83. The van der Waals surface area contributed by atoms with Crippen molar-refractivity contribution in [1.82, 2.24) is 4.90 Å². The first-order valence-electron chi connectivity index (χ1n) is 7.01. The van der Waals surface area contributed by atoms with Gasteiger partial charge in [0.2, 0.25) is 5.91 Å². The van der Waals surface area contributed by atoms with E-state index in [1.54, 1.807) is 0 Å². The highest BCUT2D eigenvalue weighted by Crippen LogP contribution is 2.36. The first-order chi connectivity index (χ1) is 11.7. The minimum Gasteiger partial charge on any atom is -0.504 e. The molecule has 25 heavy (non-hydrogen) atoms. The van der Waals surface area contributed by atoms with E-state index in [2.05, 4.69) is 0 Å². The number of phenolic OH excluding ortho intramolecular Hbond substituents is 2. The maximum atomic E-state index is 12.5. The third-order valence-corrected chi connectivity index (χ3v) is 4.71. The molecule has 1 atom stereocenters. The number of aliphatic carboxylic acids is 1. The molecule has 10 heteroatoms. The van der Waals surface area contributed by atoms with Crippen LogP contribution in [-0.2, 0) is 14.4 Å². The molecule has 8 nitrogen and oxygen atoms in total. The number of benzene rings is 1. The van der Waals surface area contributed by atoms with Gasteiger partial charge in [0.15, 0.2) is 11.5 Å². The molecule has 0 aliphatic carbocycles. The molecular formula is C15H14N2O6S2. The maximum Gasteiger partial charge on any atom is 0.326 e. The van der Waals surface area contributed by atoms with Crippen molar-refractivity contribution in [3.8, 4) is 11.5 Å². The van der Waals surface area contributed by atoms with Crippen molar-refractivity contribution in [3.05, 3.63) is 28.7 Å². The quantitative estimate of drug-likeness (QED) is 0.325. The summed E-state index contributed by atoms with van der Waals surface area (Å²) in [5, 5.41) is 28.1. The van der Waals surface area contributed by atoms with Crippen molar-refractivity contribution >= 4 is 52.2 Å². The molecule has 5 N–H and O–H groups in total. The molecule has 2 amide bonds. The zero-order valence-corrected chi connectivity index (χ0v) is 14.3. The summed E-state index contributed by atoms with van der Waals surface area (Å²) in [7, 11) is 0. The number of hydrogen-bond acceptors (Lipinski definition) is 7. The average Bonchev–Trinajstić information content (AvgIpc) is 2.78. The van der Waals surface area contributed by atoms with Crippen LogP contribution in [0.1, 0.15) is 18.4 Å². The van der Waals surface area contributed by atoms with E-state index < -0.39 is 23.8 Å². The van der Waals surface area contributed by atoms with E-state index in [9.17, 15) is 29.7 Å². The molecular weight excluding hydrogens is 368 g/mol. The number of primary amides is 1. The molecule has 0 saturated carbocycles. The number of hydrogen-bond donors (Lipinski definition) is 4. The maximum absolute atomic E-state index is 12.5. The summed E-state index contributed by atoms with van der Waals surface area (Å²) in [5.41, 5.74) is 5.47. The molecule has 1 aromatic carbocycles. The Morgan fingerprint density at radius 3 is 2.56 bits per heavy atom.